The summed E-state index contributed by atoms with van der Waals surface area (Å²) in [6.45, 7) is 9.61. The first-order chi connectivity index (χ1) is 44.9. The van der Waals surface area contributed by atoms with Crippen molar-refractivity contribution in [3.8, 4) is 0 Å². The molecule has 0 fully saturated rings. The minimum Gasteiger partial charge on any atom is -0.462 e. The van der Waals surface area contributed by atoms with Crippen LogP contribution in [0.3, 0.4) is 0 Å². The third-order valence-electron chi connectivity index (χ3n) is 17.6. The van der Waals surface area contributed by atoms with Crippen LogP contribution in [0.4, 0.5) is 0 Å². The van der Waals surface area contributed by atoms with Crippen molar-refractivity contribution < 1.29 is 80.2 Å². The molecule has 17 nitrogen and oxygen atoms in total. The minimum atomic E-state index is -4.95. The number of carbonyl (C=O) groups is 4. The van der Waals surface area contributed by atoms with E-state index >= 15 is 0 Å². The van der Waals surface area contributed by atoms with E-state index in [1.54, 1.807) is 0 Å². The molecule has 0 amide bonds. The molecule has 6 atom stereocenters. The van der Waals surface area contributed by atoms with E-state index < -0.39 is 97.5 Å². The van der Waals surface area contributed by atoms with Crippen molar-refractivity contribution in [2.75, 3.05) is 39.6 Å². The Hall–Kier alpha value is -1.94. The van der Waals surface area contributed by atoms with E-state index in [4.69, 9.17) is 37.0 Å². The molecular formula is C74H144O17P2. The maximum Gasteiger partial charge on any atom is 0.472 e. The first-order valence-electron chi connectivity index (χ1n) is 38.5. The number of hydrogen-bond acceptors (Lipinski definition) is 15. The van der Waals surface area contributed by atoms with Crippen molar-refractivity contribution in [3.63, 3.8) is 0 Å². The lowest BCUT2D eigenvalue weighted by molar-refractivity contribution is -0.161. The van der Waals surface area contributed by atoms with Crippen LogP contribution >= 0.6 is 15.6 Å². The van der Waals surface area contributed by atoms with Gasteiger partial charge in [-0.1, -0.05) is 330 Å². The zero-order valence-corrected chi connectivity index (χ0v) is 62.3. The highest BCUT2D eigenvalue weighted by molar-refractivity contribution is 7.47. The lowest BCUT2D eigenvalue weighted by Crippen LogP contribution is -2.30. The molecule has 552 valence electrons. The second-order valence-corrected chi connectivity index (χ2v) is 30.3. The van der Waals surface area contributed by atoms with E-state index in [1.807, 2.05) is 0 Å². The molecule has 0 rings (SSSR count). The van der Waals surface area contributed by atoms with Crippen molar-refractivity contribution in [2.24, 2.45) is 11.8 Å². The third kappa shape index (κ3) is 67.0. The second kappa shape index (κ2) is 66.0. The van der Waals surface area contributed by atoms with Crippen LogP contribution in [0.2, 0.25) is 0 Å². The van der Waals surface area contributed by atoms with Crippen molar-refractivity contribution in [1.29, 1.82) is 0 Å². The Morgan fingerprint density at radius 1 is 0.312 bits per heavy atom. The fourth-order valence-corrected chi connectivity index (χ4v) is 12.8. The van der Waals surface area contributed by atoms with Gasteiger partial charge in [-0.05, 0) is 37.5 Å². The Balaban J connectivity index is 5.17. The number of rotatable bonds is 73. The van der Waals surface area contributed by atoms with Crippen molar-refractivity contribution >= 4 is 39.5 Å². The number of aliphatic hydroxyl groups excluding tert-OH is 1. The van der Waals surface area contributed by atoms with E-state index in [0.29, 0.717) is 25.7 Å². The summed E-state index contributed by atoms with van der Waals surface area (Å²) in [7, 11) is -9.90. The van der Waals surface area contributed by atoms with Crippen LogP contribution in [0.25, 0.3) is 0 Å². The average Bonchev–Trinajstić information content (AvgIpc) is 3.31. The summed E-state index contributed by atoms with van der Waals surface area (Å²) in [6, 6.07) is 0. The van der Waals surface area contributed by atoms with Gasteiger partial charge >= 0.3 is 39.5 Å². The number of esters is 4. The number of aliphatic hydroxyl groups is 1. The summed E-state index contributed by atoms with van der Waals surface area (Å²) < 4.78 is 68.3. The van der Waals surface area contributed by atoms with Gasteiger partial charge in [-0.3, -0.25) is 37.3 Å². The second-order valence-electron chi connectivity index (χ2n) is 27.4. The molecule has 19 heteroatoms. The molecule has 3 unspecified atom stereocenters. The molecule has 0 radical (unpaired) electrons. The van der Waals surface area contributed by atoms with Gasteiger partial charge in [-0.25, -0.2) is 9.13 Å². The number of carbonyl (C=O) groups excluding carboxylic acids is 4. The molecule has 0 aromatic heterocycles. The van der Waals surface area contributed by atoms with Gasteiger partial charge < -0.3 is 33.8 Å². The Morgan fingerprint density at radius 2 is 0.548 bits per heavy atom. The van der Waals surface area contributed by atoms with Gasteiger partial charge in [0.05, 0.1) is 26.4 Å². The highest BCUT2D eigenvalue weighted by Gasteiger charge is 2.30. The molecule has 0 aliphatic rings. The van der Waals surface area contributed by atoms with Gasteiger partial charge in [0.25, 0.3) is 0 Å². The fraction of sp³-hybridized carbons (Fsp3) is 0.946. The van der Waals surface area contributed by atoms with Gasteiger partial charge in [0.1, 0.15) is 19.3 Å². The standard InChI is InChI=1S/C74H144O17P2/c1-7-10-12-14-16-30-38-44-50-56-71(76)84-62-69(90-73(78)58-52-46-40-31-17-15-13-11-8-2)64-88-92(80,81)86-60-68(75)61-87-93(82,83)89-65-70(63-85-72(77)57-51-45-39-34-29-28-33-37-43-49-55-67(6)9-3)91-74(79)59-53-47-41-35-27-25-23-21-19-18-20-22-24-26-32-36-42-48-54-66(4)5/h66-70,75H,7-65H2,1-6H3,(H,80,81)(H,82,83)/t67?,68-,69+,70+/m0/s1. The highest BCUT2D eigenvalue weighted by atomic mass is 31.2. The van der Waals surface area contributed by atoms with Crippen LogP contribution < -0.4 is 0 Å². The third-order valence-corrected chi connectivity index (χ3v) is 19.5. The molecule has 3 N–H and O–H groups in total. The van der Waals surface area contributed by atoms with E-state index in [-0.39, 0.29) is 25.7 Å². The quantitative estimate of drug-likeness (QED) is 0.0222. The van der Waals surface area contributed by atoms with Gasteiger partial charge in [0.2, 0.25) is 0 Å². The first kappa shape index (κ1) is 91.1. The van der Waals surface area contributed by atoms with Crippen LogP contribution in [0.1, 0.15) is 382 Å². The molecule has 0 spiro atoms. The molecular weight excluding hydrogens is 1220 g/mol. The molecule has 93 heavy (non-hydrogen) atoms. The monoisotopic (exact) mass is 1370 g/mol. The molecule has 0 saturated heterocycles. The Morgan fingerprint density at radius 3 is 0.817 bits per heavy atom. The smallest absolute Gasteiger partial charge is 0.462 e. The Bertz CT molecular complexity index is 1810. The number of hydrogen-bond donors (Lipinski definition) is 3. The van der Waals surface area contributed by atoms with Crippen LogP contribution in [0.5, 0.6) is 0 Å². The van der Waals surface area contributed by atoms with Gasteiger partial charge in [0, 0.05) is 25.7 Å². The Kier molecular flexibility index (Phi) is 64.6. The summed E-state index contributed by atoms with van der Waals surface area (Å²) in [5, 5.41) is 10.6. The van der Waals surface area contributed by atoms with E-state index in [0.717, 1.165) is 102 Å². The largest absolute Gasteiger partial charge is 0.472 e. The molecule has 0 aromatic rings. The minimum absolute atomic E-state index is 0.106. The topological polar surface area (TPSA) is 237 Å². The maximum atomic E-state index is 13.1. The zero-order chi connectivity index (χ0) is 68.6. The molecule has 0 bridgehead atoms. The summed E-state index contributed by atoms with van der Waals surface area (Å²) >= 11 is 0. The summed E-state index contributed by atoms with van der Waals surface area (Å²) in [5.41, 5.74) is 0. The molecule has 0 saturated carbocycles. The number of phosphoric acid groups is 2. The zero-order valence-electron chi connectivity index (χ0n) is 60.6. The van der Waals surface area contributed by atoms with Gasteiger partial charge in [-0.15, -0.1) is 0 Å². The van der Waals surface area contributed by atoms with E-state index in [1.165, 1.54) is 199 Å². The van der Waals surface area contributed by atoms with E-state index in [2.05, 4.69) is 41.5 Å². The average molecular weight is 1370 g/mol. The molecule has 0 aromatic carbocycles. The Labute approximate surface area is 568 Å². The summed E-state index contributed by atoms with van der Waals surface area (Å²) in [5.74, 6) is -0.491. The summed E-state index contributed by atoms with van der Waals surface area (Å²) in [4.78, 5) is 72.6. The predicted octanol–water partition coefficient (Wildman–Crippen LogP) is 21.6. The highest BCUT2D eigenvalue weighted by Crippen LogP contribution is 2.45. The molecule has 0 aliphatic carbocycles. The van der Waals surface area contributed by atoms with Crippen LogP contribution in [0, 0.1) is 11.8 Å². The van der Waals surface area contributed by atoms with E-state index in [9.17, 15) is 43.2 Å². The SMILES string of the molecule is CCCCCCCCCCCC(=O)OC[C@H](COP(=O)(O)OC[C@H](O)COP(=O)(O)OC[C@@H](COC(=O)CCCCCCCCCCCCC(C)CC)OC(=O)CCCCCCCCCCCCCCCCCCCCC(C)C)OC(=O)CCCCCCCCCCC. The lowest BCUT2D eigenvalue weighted by atomic mass is 9.99. The molecule has 0 aliphatic heterocycles. The van der Waals surface area contributed by atoms with Crippen LogP contribution in [-0.2, 0) is 65.4 Å². The van der Waals surface area contributed by atoms with Crippen LogP contribution in [0.15, 0.2) is 0 Å². The molecule has 0 heterocycles. The normalized spacial score (nSPS) is 14.3. The number of unbranched alkanes of at least 4 members (excludes halogenated alkanes) is 42. The number of phosphoric ester groups is 2. The van der Waals surface area contributed by atoms with Gasteiger partial charge in [0.15, 0.2) is 12.2 Å². The lowest BCUT2D eigenvalue weighted by Gasteiger charge is -2.21. The van der Waals surface area contributed by atoms with Crippen molar-refractivity contribution in [1.82, 2.24) is 0 Å². The van der Waals surface area contributed by atoms with Gasteiger partial charge in [-0.2, -0.15) is 0 Å². The fourth-order valence-electron chi connectivity index (χ4n) is 11.3. The predicted molar refractivity (Wildman–Crippen MR) is 377 cm³/mol. The van der Waals surface area contributed by atoms with Crippen molar-refractivity contribution in [2.45, 2.75) is 400 Å². The maximum absolute atomic E-state index is 13.1. The van der Waals surface area contributed by atoms with Crippen molar-refractivity contribution in [3.05, 3.63) is 0 Å². The summed E-state index contributed by atoms with van der Waals surface area (Å²) in [6.07, 6.45) is 52.8. The first-order valence-corrected chi connectivity index (χ1v) is 41.5. The number of ether oxygens (including phenoxy) is 4. The van der Waals surface area contributed by atoms with Crippen LogP contribution in [-0.4, -0.2) is 96.7 Å².